The lowest BCUT2D eigenvalue weighted by molar-refractivity contribution is -0.0390. The number of aliphatic imine (C=N–C) groups is 1. The molecule has 7 heteroatoms. The summed E-state index contributed by atoms with van der Waals surface area (Å²) < 4.78 is 13.5. The topological polar surface area (TPSA) is 72.7 Å². The molecular weight excluding hydrogens is 390 g/mol. The summed E-state index contributed by atoms with van der Waals surface area (Å²) in [5.74, 6) is 0.847. The van der Waals surface area contributed by atoms with Gasteiger partial charge in [-0.15, -0.1) is 0 Å². The van der Waals surface area contributed by atoms with Gasteiger partial charge in [-0.2, -0.15) is 5.10 Å². The summed E-state index contributed by atoms with van der Waals surface area (Å²) in [6.45, 7) is 11.7. The van der Waals surface area contributed by atoms with Gasteiger partial charge in [0.15, 0.2) is 5.96 Å². The molecule has 1 aliphatic heterocycles. The molecule has 1 aromatic heterocycles. The van der Waals surface area contributed by atoms with Gasteiger partial charge in [0.2, 0.25) is 0 Å². The van der Waals surface area contributed by atoms with Crippen LogP contribution in [0.4, 0.5) is 0 Å². The van der Waals surface area contributed by atoms with Gasteiger partial charge in [-0.1, -0.05) is 24.3 Å². The van der Waals surface area contributed by atoms with Crippen molar-refractivity contribution in [3.63, 3.8) is 0 Å². The number of aryl methyl sites for hydroxylation is 3. The highest BCUT2D eigenvalue weighted by Crippen LogP contribution is 2.14. The van der Waals surface area contributed by atoms with Gasteiger partial charge in [0, 0.05) is 38.5 Å². The molecule has 1 aromatic carbocycles. The molecule has 2 N–H and O–H groups in total. The number of nitrogens with one attached hydrogen (secondary N) is 2. The van der Waals surface area contributed by atoms with Crippen LogP contribution >= 0.6 is 0 Å². The summed E-state index contributed by atoms with van der Waals surface area (Å²) in [4.78, 5) is 4.76. The molecule has 0 bridgehead atoms. The van der Waals surface area contributed by atoms with E-state index >= 15 is 0 Å². The van der Waals surface area contributed by atoms with E-state index in [1.54, 1.807) is 0 Å². The number of nitrogens with zero attached hydrogens (tertiary/aromatic N) is 3. The molecule has 31 heavy (non-hydrogen) atoms. The van der Waals surface area contributed by atoms with Gasteiger partial charge in [0.25, 0.3) is 0 Å². The van der Waals surface area contributed by atoms with Crippen LogP contribution in [-0.4, -0.2) is 48.1 Å². The van der Waals surface area contributed by atoms with Crippen molar-refractivity contribution in [1.29, 1.82) is 0 Å². The third-order valence-electron chi connectivity index (χ3n) is 5.35. The van der Waals surface area contributed by atoms with Crippen LogP contribution in [0.1, 0.15) is 48.7 Å². The van der Waals surface area contributed by atoms with Crippen LogP contribution in [0.5, 0.6) is 0 Å². The summed E-state index contributed by atoms with van der Waals surface area (Å²) in [5, 5.41) is 11.3. The maximum atomic E-state index is 6.05. The second kappa shape index (κ2) is 12.5. The average Bonchev–Trinajstić information content (AvgIpc) is 3.11. The summed E-state index contributed by atoms with van der Waals surface area (Å²) in [6, 6.07) is 10.6. The van der Waals surface area contributed by atoms with Crippen molar-refractivity contribution in [2.24, 2.45) is 4.99 Å². The fourth-order valence-corrected chi connectivity index (χ4v) is 3.72. The van der Waals surface area contributed by atoms with E-state index in [4.69, 9.17) is 14.5 Å². The Morgan fingerprint density at radius 2 is 2.00 bits per heavy atom. The number of benzene rings is 1. The van der Waals surface area contributed by atoms with E-state index in [1.165, 1.54) is 16.8 Å². The van der Waals surface area contributed by atoms with Gasteiger partial charge in [-0.3, -0.25) is 4.68 Å². The molecule has 0 radical (unpaired) electrons. The van der Waals surface area contributed by atoms with Crippen LogP contribution in [-0.2, 0) is 29.2 Å². The Balaban J connectivity index is 1.45. The fourth-order valence-electron chi connectivity index (χ4n) is 3.72. The highest BCUT2D eigenvalue weighted by atomic mass is 16.5. The quantitative estimate of drug-likeness (QED) is 0.346. The molecular formula is C24H37N5O2. The van der Waals surface area contributed by atoms with Crippen LogP contribution in [0.2, 0.25) is 0 Å². The van der Waals surface area contributed by atoms with Gasteiger partial charge in [0.05, 0.1) is 24.9 Å². The first-order chi connectivity index (χ1) is 15.1. The van der Waals surface area contributed by atoms with E-state index in [-0.39, 0.29) is 0 Å². The summed E-state index contributed by atoms with van der Waals surface area (Å²) in [7, 11) is 0. The molecule has 0 spiro atoms. The molecule has 2 aromatic rings. The third kappa shape index (κ3) is 7.99. The number of guanidine groups is 1. The minimum Gasteiger partial charge on any atom is -0.381 e. The van der Waals surface area contributed by atoms with Crippen molar-refractivity contribution in [3.8, 4) is 0 Å². The van der Waals surface area contributed by atoms with Crippen LogP contribution in [0, 0.1) is 13.8 Å². The number of rotatable bonds is 10. The summed E-state index contributed by atoms with van der Waals surface area (Å²) in [5.41, 5.74) is 4.66. The van der Waals surface area contributed by atoms with Crippen molar-refractivity contribution >= 4 is 5.96 Å². The predicted octanol–water partition coefficient (Wildman–Crippen LogP) is 3.34. The van der Waals surface area contributed by atoms with E-state index in [1.807, 2.05) is 6.92 Å². The van der Waals surface area contributed by atoms with Crippen molar-refractivity contribution in [2.75, 3.05) is 26.3 Å². The van der Waals surface area contributed by atoms with Crippen LogP contribution in [0.3, 0.4) is 0 Å². The second-order valence-corrected chi connectivity index (χ2v) is 8.07. The lowest BCUT2D eigenvalue weighted by atomic mass is 10.1. The fraction of sp³-hybridized carbons (Fsp3) is 0.583. The van der Waals surface area contributed by atoms with Crippen LogP contribution in [0.15, 0.2) is 35.3 Å². The predicted molar refractivity (Wildman–Crippen MR) is 124 cm³/mol. The van der Waals surface area contributed by atoms with Crippen molar-refractivity contribution in [3.05, 3.63) is 52.8 Å². The van der Waals surface area contributed by atoms with Crippen LogP contribution in [0.25, 0.3) is 0 Å². The van der Waals surface area contributed by atoms with Gasteiger partial charge in [-0.05, 0) is 57.2 Å². The molecule has 170 valence electrons. The Bertz CT molecular complexity index is 827. The molecule has 7 nitrogen and oxygen atoms in total. The van der Waals surface area contributed by atoms with E-state index in [9.17, 15) is 0 Å². The smallest absolute Gasteiger partial charge is 0.191 e. The minimum atomic E-state index is 0.314. The number of hydrogen-bond donors (Lipinski definition) is 2. The molecule has 0 aliphatic carbocycles. The van der Waals surface area contributed by atoms with Gasteiger partial charge in [-0.25, -0.2) is 4.99 Å². The van der Waals surface area contributed by atoms with E-state index in [2.05, 4.69) is 64.6 Å². The highest BCUT2D eigenvalue weighted by molar-refractivity contribution is 5.79. The lowest BCUT2D eigenvalue weighted by Gasteiger charge is -2.22. The zero-order valence-corrected chi connectivity index (χ0v) is 19.2. The normalized spacial score (nSPS) is 15.3. The van der Waals surface area contributed by atoms with E-state index in [0.717, 1.165) is 63.8 Å². The Labute approximate surface area is 186 Å². The zero-order valence-electron chi connectivity index (χ0n) is 19.2. The van der Waals surface area contributed by atoms with Gasteiger partial charge in [0.1, 0.15) is 0 Å². The molecule has 1 saturated heterocycles. The first-order valence-electron chi connectivity index (χ1n) is 11.4. The molecule has 0 unspecified atom stereocenters. The first kappa shape index (κ1) is 23.3. The standard InChI is InChI=1S/C24H37N5O2/c1-4-25-24(26-11-6-12-29-20(3)15-19(2)28-29)27-17-21-7-5-8-22(16-21)18-31-23-9-13-30-14-10-23/h5,7-8,15-16,23H,4,6,9-14,17-18H2,1-3H3,(H2,25,26,27). The number of hydrogen-bond acceptors (Lipinski definition) is 4. The van der Waals surface area contributed by atoms with Gasteiger partial charge >= 0.3 is 0 Å². The largest absolute Gasteiger partial charge is 0.381 e. The molecule has 0 atom stereocenters. The Kier molecular flexibility index (Phi) is 9.37. The van der Waals surface area contributed by atoms with Crippen molar-refractivity contribution < 1.29 is 9.47 Å². The molecule has 0 amide bonds. The lowest BCUT2D eigenvalue weighted by Crippen LogP contribution is -2.38. The van der Waals surface area contributed by atoms with Crippen molar-refractivity contribution in [2.45, 2.75) is 65.8 Å². The zero-order chi connectivity index (χ0) is 21.9. The number of ether oxygens (including phenoxy) is 2. The summed E-state index contributed by atoms with van der Waals surface area (Å²) in [6.07, 6.45) is 3.28. The SMILES string of the molecule is CCNC(=NCc1cccc(COC2CCOCC2)c1)NCCCn1nc(C)cc1C. The van der Waals surface area contributed by atoms with E-state index < -0.39 is 0 Å². The maximum absolute atomic E-state index is 6.05. The highest BCUT2D eigenvalue weighted by Gasteiger charge is 2.14. The molecule has 0 saturated carbocycles. The minimum absolute atomic E-state index is 0.314. The van der Waals surface area contributed by atoms with Gasteiger partial charge < -0.3 is 20.1 Å². The average molecular weight is 428 g/mol. The van der Waals surface area contributed by atoms with Crippen LogP contribution < -0.4 is 10.6 Å². The Morgan fingerprint density at radius 1 is 1.19 bits per heavy atom. The molecule has 1 fully saturated rings. The van der Waals surface area contributed by atoms with E-state index in [0.29, 0.717) is 19.3 Å². The third-order valence-corrected chi connectivity index (χ3v) is 5.35. The second-order valence-electron chi connectivity index (χ2n) is 8.07. The van der Waals surface area contributed by atoms with Crippen molar-refractivity contribution in [1.82, 2.24) is 20.4 Å². The molecule has 3 rings (SSSR count). The molecule has 1 aliphatic rings. The maximum Gasteiger partial charge on any atom is 0.191 e. The monoisotopic (exact) mass is 427 g/mol. The molecule has 2 heterocycles. The first-order valence-corrected chi connectivity index (χ1v) is 11.4. The summed E-state index contributed by atoms with van der Waals surface area (Å²) >= 11 is 0. The number of aromatic nitrogens is 2. The Morgan fingerprint density at radius 3 is 2.74 bits per heavy atom. The Hall–Kier alpha value is -2.38.